The fourth-order valence-electron chi connectivity index (χ4n) is 2.27. The Morgan fingerprint density at radius 2 is 1.79 bits per heavy atom. The fraction of sp³-hybridized carbons (Fsp3) is 0. The van der Waals surface area contributed by atoms with Gasteiger partial charge in [0, 0.05) is 27.9 Å². The minimum absolute atomic E-state index is 0.0121. The summed E-state index contributed by atoms with van der Waals surface area (Å²) in [6.07, 6.45) is 1.32. The number of halogens is 1. The Bertz CT molecular complexity index is 1100. The molecular weight excluding hydrogens is 416 g/mol. The molecular formula is C19H13ClN4O4S. The van der Waals surface area contributed by atoms with Crippen LogP contribution < -0.4 is 10.7 Å². The molecule has 0 aliphatic carbocycles. The lowest BCUT2D eigenvalue weighted by atomic mass is 10.1. The van der Waals surface area contributed by atoms with Crippen molar-refractivity contribution in [2.45, 2.75) is 0 Å². The molecule has 0 saturated carbocycles. The van der Waals surface area contributed by atoms with E-state index in [4.69, 9.17) is 11.6 Å². The van der Waals surface area contributed by atoms with Gasteiger partial charge in [0.05, 0.1) is 16.0 Å². The van der Waals surface area contributed by atoms with Gasteiger partial charge in [0.2, 0.25) is 0 Å². The summed E-state index contributed by atoms with van der Waals surface area (Å²) < 4.78 is 0. The van der Waals surface area contributed by atoms with E-state index < -0.39 is 10.8 Å². The van der Waals surface area contributed by atoms with E-state index in [1.165, 1.54) is 24.4 Å². The third kappa shape index (κ3) is 5.47. The van der Waals surface area contributed by atoms with Crippen LogP contribution in [0.1, 0.15) is 25.6 Å². The monoisotopic (exact) mass is 428 g/mol. The quantitative estimate of drug-likeness (QED) is 0.345. The van der Waals surface area contributed by atoms with Crippen LogP contribution in [-0.2, 0) is 0 Å². The third-order valence-corrected chi connectivity index (χ3v) is 4.86. The molecule has 3 aromatic rings. The van der Waals surface area contributed by atoms with Gasteiger partial charge in [0.25, 0.3) is 11.8 Å². The van der Waals surface area contributed by atoms with Crippen LogP contribution in [0.15, 0.2) is 65.8 Å². The van der Waals surface area contributed by atoms with Gasteiger partial charge in [-0.1, -0.05) is 29.0 Å². The third-order valence-electron chi connectivity index (χ3n) is 3.64. The van der Waals surface area contributed by atoms with Crippen molar-refractivity contribution in [3.63, 3.8) is 0 Å². The average Bonchev–Trinajstić information content (AvgIpc) is 3.18. The summed E-state index contributed by atoms with van der Waals surface area (Å²) in [5.74, 6) is -0.827. The second-order valence-electron chi connectivity index (χ2n) is 5.67. The molecule has 1 aromatic heterocycles. The van der Waals surface area contributed by atoms with E-state index in [0.717, 1.165) is 11.3 Å². The number of hydrogen-bond donors (Lipinski definition) is 2. The number of hydrazone groups is 1. The fourth-order valence-corrected chi connectivity index (χ4v) is 3.09. The zero-order chi connectivity index (χ0) is 20.8. The zero-order valence-corrected chi connectivity index (χ0v) is 16.2. The lowest BCUT2D eigenvalue weighted by molar-refractivity contribution is -0.380. The predicted octanol–water partition coefficient (Wildman–Crippen LogP) is 4.33. The van der Waals surface area contributed by atoms with Crippen molar-refractivity contribution in [1.29, 1.82) is 0 Å². The molecule has 0 unspecified atom stereocenters. The highest BCUT2D eigenvalue weighted by Gasteiger charge is 2.10. The van der Waals surface area contributed by atoms with Crippen molar-refractivity contribution in [2.24, 2.45) is 5.10 Å². The molecule has 0 atom stereocenters. The molecule has 0 saturated heterocycles. The first-order valence-electron chi connectivity index (χ1n) is 8.17. The van der Waals surface area contributed by atoms with Gasteiger partial charge >= 0.3 is 5.00 Å². The van der Waals surface area contributed by atoms with E-state index in [1.54, 1.807) is 42.5 Å². The molecule has 2 amide bonds. The maximum atomic E-state index is 12.3. The maximum absolute atomic E-state index is 12.3. The van der Waals surface area contributed by atoms with Crippen LogP contribution in [0.4, 0.5) is 10.7 Å². The van der Waals surface area contributed by atoms with Crippen molar-refractivity contribution in [3.8, 4) is 0 Å². The summed E-state index contributed by atoms with van der Waals surface area (Å²) in [6, 6.07) is 15.7. The van der Waals surface area contributed by atoms with Crippen LogP contribution >= 0.6 is 22.9 Å². The predicted molar refractivity (Wildman–Crippen MR) is 112 cm³/mol. The second kappa shape index (κ2) is 9.09. The number of rotatable bonds is 6. The van der Waals surface area contributed by atoms with Crippen LogP contribution in [0.25, 0.3) is 0 Å². The Balaban J connectivity index is 1.62. The van der Waals surface area contributed by atoms with Gasteiger partial charge in [-0.2, -0.15) is 5.10 Å². The Hall–Kier alpha value is -3.56. The van der Waals surface area contributed by atoms with E-state index in [2.05, 4.69) is 15.8 Å². The van der Waals surface area contributed by atoms with E-state index in [0.29, 0.717) is 21.2 Å². The molecule has 10 heteroatoms. The summed E-state index contributed by atoms with van der Waals surface area (Å²) in [5, 5.41) is 17.7. The topological polar surface area (TPSA) is 114 Å². The molecule has 2 aromatic carbocycles. The number of benzene rings is 2. The molecule has 29 heavy (non-hydrogen) atoms. The van der Waals surface area contributed by atoms with Crippen molar-refractivity contribution in [2.75, 3.05) is 5.32 Å². The highest BCUT2D eigenvalue weighted by molar-refractivity contribution is 7.16. The van der Waals surface area contributed by atoms with Gasteiger partial charge in [-0.05, 0) is 48.5 Å². The van der Waals surface area contributed by atoms with Gasteiger partial charge in [0.1, 0.15) is 0 Å². The molecule has 0 bridgehead atoms. The number of nitrogens with zero attached hydrogens (tertiary/aromatic N) is 2. The number of thiophene rings is 1. The van der Waals surface area contributed by atoms with Crippen LogP contribution in [0.3, 0.4) is 0 Å². The van der Waals surface area contributed by atoms with Crippen molar-refractivity contribution in [3.05, 3.63) is 91.8 Å². The minimum atomic E-state index is -0.496. The summed E-state index contributed by atoms with van der Waals surface area (Å²) in [4.78, 5) is 35.2. The highest BCUT2D eigenvalue weighted by Crippen LogP contribution is 2.22. The number of nitro groups is 1. The van der Waals surface area contributed by atoms with Crippen molar-refractivity contribution >= 4 is 51.7 Å². The summed E-state index contributed by atoms with van der Waals surface area (Å²) in [6.45, 7) is 0. The van der Waals surface area contributed by atoms with Gasteiger partial charge in [-0.3, -0.25) is 19.7 Å². The molecule has 3 rings (SSSR count). The van der Waals surface area contributed by atoms with Crippen LogP contribution in [0, 0.1) is 10.1 Å². The molecule has 0 aliphatic heterocycles. The van der Waals surface area contributed by atoms with Crippen LogP contribution in [0.2, 0.25) is 5.02 Å². The molecule has 0 radical (unpaired) electrons. The molecule has 8 nitrogen and oxygen atoms in total. The van der Waals surface area contributed by atoms with Gasteiger partial charge < -0.3 is 5.32 Å². The smallest absolute Gasteiger partial charge is 0.322 e. The average molecular weight is 429 g/mol. The van der Waals surface area contributed by atoms with Crippen LogP contribution in [-0.4, -0.2) is 23.0 Å². The van der Waals surface area contributed by atoms with E-state index in [-0.39, 0.29) is 16.5 Å². The summed E-state index contributed by atoms with van der Waals surface area (Å²) in [5.41, 5.74) is 3.50. The van der Waals surface area contributed by atoms with E-state index in [9.17, 15) is 19.7 Å². The number of hydrogen-bond acceptors (Lipinski definition) is 6. The lowest BCUT2D eigenvalue weighted by Crippen LogP contribution is -2.18. The van der Waals surface area contributed by atoms with E-state index in [1.807, 2.05) is 0 Å². The number of anilines is 1. The standard InChI is InChI=1S/C19H13ClN4O4S/c20-14-6-4-12(5-7-14)18(25)22-15-3-1-2-13(10-15)19(26)23-21-11-16-8-9-17(29-16)24(27)28/h1-11H,(H,22,25)(H,23,26). The van der Waals surface area contributed by atoms with Crippen LogP contribution in [0.5, 0.6) is 0 Å². The molecule has 0 spiro atoms. The second-order valence-corrected chi connectivity index (χ2v) is 7.20. The first-order chi connectivity index (χ1) is 13.9. The first kappa shape index (κ1) is 20.2. The first-order valence-corrected chi connectivity index (χ1v) is 9.36. The van der Waals surface area contributed by atoms with Gasteiger partial charge in [0.15, 0.2) is 0 Å². The van der Waals surface area contributed by atoms with Crippen molar-refractivity contribution < 1.29 is 14.5 Å². The number of carbonyl (C=O) groups is 2. The van der Waals surface area contributed by atoms with Gasteiger partial charge in [-0.25, -0.2) is 5.43 Å². The minimum Gasteiger partial charge on any atom is -0.322 e. The normalized spacial score (nSPS) is 10.7. The Morgan fingerprint density at radius 1 is 1.03 bits per heavy atom. The highest BCUT2D eigenvalue weighted by atomic mass is 35.5. The summed E-state index contributed by atoms with van der Waals surface area (Å²) in [7, 11) is 0. The molecule has 0 fully saturated rings. The number of nitrogens with one attached hydrogen (secondary N) is 2. The molecule has 2 N–H and O–H groups in total. The molecule has 1 heterocycles. The van der Waals surface area contributed by atoms with Gasteiger partial charge in [-0.15, -0.1) is 0 Å². The lowest BCUT2D eigenvalue weighted by Gasteiger charge is -2.07. The largest absolute Gasteiger partial charge is 0.324 e. The SMILES string of the molecule is O=C(NN=Cc1ccc([N+](=O)[O-])s1)c1cccc(NC(=O)c2ccc(Cl)cc2)c1. The molecule has 0 aliphatic rings. The number of carbonyl (C=O) groups excluding carboxylic acids is 2. The Kier molecular flexibility index (Phi) is 6.32. The Morgan fingerprint density at radius 3 is 2.48 bits per heavy atom. The Labute approximate surface area is 174 Å². The summed E-state index contributed by atoms with van der Waals surface area (Å²) >= 11 is 6.75. The zero-order valence-electron chi connectivity index (χ0n) is 14.7. The van der Waals surface area contributed by atoms with E-state index >= 15 is 0 Å². The molecule has 146 valence electrons. The number of amides is 2. The van der Waals surface area contributed by atoms with Crippen molar-refractivity contribution in [1.82, 2.24) is 5.43 Å². The maximum Gasteiger partial charge on any atom is 0.324 e.